The van der Waals surface area contributed by atoms with Crippen molar-refractivity contribution in [2.24, 2.45) is 5.41 Å². The van der Waals surface area contributed by atoms with Gasteiger partial charge in [-0.05, 0) is 18.9 Å². The van der Waals surface area contributed by atoms with Crippen LogP contribution in [-0.2, 0) is 0 Å². The fourth-order valence-corrected chi connectivity index (χ4v) is 1.41. The summed E-state index contributed by atoms with van der Waals surface area (Å²) in [5.41, 5.74) is 7.29. The maximum Gasteiger partial charge on any atom is 0.0547 e. The number of rotatable bonds is 4. The van der Waals surface area contributed by atoms with Crippen LogP contribution in [0.3, 0.4) is 0 Å². The average Bonchev–Trinajstić information content (AvgIpc) is 2.96. The van der Waals surface area contributed by atoms with Crippen LogP contribution >= 0.6 is 0 Å². The van der Waals surface area contributed by atoms with Crippen molar-refractivity contribution in [1.29, 1.82) is 0 Å². The van der Waals surface area contributed by atoms with E-state index in [1.54, 1.807) is 12.4 Å². The minimum atomic E-state index is 0.116. The monoisotopic (exact) mass is 193 g/mol. The summed E-state index contributed by atoms with van der Waals surface area (Å²) in [4.78, 5) is 3.98. The Morgan fingerprint density at radius 1 is 1.50 bits per heavy atom. The first-order valence-corrected chi connectivity index (χ1v) is 4.79. The molecule has 0 amide bonds. The molecule has 4 N–H and O–H groups in total. The highest BCUT2D eigenvalue weighted by atomic mass is 16.3. The van der Waals surface area contributed by atoms with Gasteiger partial charge in [-0.2, -0.15) is 0 Å². The predicted octanol–water partition coefficient (Wildman–Crippen LogP) is 0.848. The molecule has 1 fully saturated rings. The summed E-state index contributed by atoms with van der Waals surface area (Å²) in [5, 5.41) is 12.3. The van der Waals surface area contributed by atoms with Crippen molar-refractivity contribution in [3.63, 3.8) is 0 Å². The van der Waals surface area contributed by atoms with E-state index in [1.807, 2.05) is 6.07 Å². The zero-order valence-electron chi connectivity index (χ0n) is 8.03. The number of anilines is 2. The van der Waals surface area contributed by atoms with Gasteiger partial charge in [0.1, 0.15) is 0 Å². The molecule has 0 radical (unpaired) electrons. The molecule has 0 aromatic carbocycles. The zero-order chi connectivity index (χ0) is 10.0. The summed E-state index contributed by atoms with van der Waals surface area (Å²) in [6.45, 7) is 1.06. The molecule has 1 aliphatic rings. The smallest absolute Gasteiger partial charge is 0.0547 e. The van der Waals surface area contributed by atoms with Gasteiger partial charge < -0.3 is 16.2 Å². The van der Waals surface area contributed by atoms with Crippen LogP contribution in [0.25, 0.3) is 0 Å². The third-order valence-electron chi connectivity index (χ3n) is 2.72. The third kappa shape index (κ3) is 1.96. The SMILES string of the molecule is Nc1cncc(NCC2(CO)CC2)c1. The number of nitrogens with zero attached hydrogens (tertiary/aromatic N) is 1. The normalized spacial score (nSPS) is 17.8. The van der Waals surface area contributed by atoms with E-state index < -0.39 is 0 Å². The van der Waals surface area contributed by atoms with Gasteiger partial charge in [0, 0.05) is 18.2 Å². The Hall–Kier alpha value is -1.29. The van der Waals surface area contributed by atoms with E-state index in [2.05, 4.69) is 10.3 Å². The molecule has 0 aliphatic heterocycles. The summed E-state index contributed by atoms with van der Waals surface area (Å²) >= 11 is 0. The van der Waals surface area contributed by atoms with Crippen molar-refractivity contribution in [3.8, 4) is 0 Å². The maximum absolute atomic E-state index is 9.11. The lowest BCUT2D eigenvalue weighted by Gasteiger charge is -2.13. The van der Waals surface area contributed by atoms with Crippen LogP contribution in [0.1, 0.15) is 12.8 Å². The quantitative estimate of drug-likeness (QED) is 0.663. The second-order valence-corrected chi connectivity index (χ2v) is 4.02. The predicted molar refractivity (Wildman–Crippen MR) is 55.9 cm³/mol. The lowest BCUT2D eigenvalue weighted by molar-refractivity contribution is 0.220. The van der Waals surface area contributed by atoms with Crippen LogP contribution in [-0.4, -0.2) is 23.2 Å². The Morgan fingerprint density at radius 2 is 2.29 bits per heavy atom. The van der Waals surface area contributed by atoms with Crippen LogP contribution in [0.2, 0.25) is 0 Å². The molecule has 1 aromatic heterocycles. The molecular weight excluding hydrogens is 178 g/mol. The summed E-state index contributed by atoms with van der Waals surface area (Å²) in [5.74, 6) is 0. The summed E-state index contributed by atoms with van der Waals surface area (Å²) in [7, 11) is 0. The molecule has 1 aliphatic carbocycles. The number of nitrogens with one attached hydrogen (secondary N) is 1. The van der Waals surface area contributed by atoms with E-state index in [0.29, 0.717) is 5.69 Å². The van der Waals surface area contributed by atoms with E-state index in [9.17, 15) is 0 Å². The Morgan fingerprint density at radius 3 is 2.86 bits per heavy atom. The Balaban J connectivity index is 1.92. The van der Waals surface area contributed by atoms with Crippen molar-refractivity contribution in [2.45, 2.75) is 12.8 Å². The van der Waals surface area contributed by atoms with Gasteiger partial charge in [0.25, 0.3) is 0 Å². The molecule has 1 saturated carbocycles. The van der Waals surface area contributed by atoms with Crippen LogP contribution in [0, 0.1) is 5.41 Å². The summed E-state index contributed by atoms with van der Waals surface area (Å²) in [6, 6.07) is 1.85. The van der Waals surface area contributed by atoms with E-state index in [0.717, 1.165) is 25.1 Å². The first-order valence-electron chi connectivity index (χ1n) is 4.79. The fourth-order valence-electron chi connectivity index (χ4n) is 1.41. The number of aliphatic hydroxyl groups excluding tert-OH is 1. The van der Waals surface area contributed by atoms with Gasteiger partial charge in [-0.3, -0.25) is 4.98 Å². The molecule has 0 saturated heterocycles. The van der Waals surface area contributed by atoms with E-state index >= 15 is 0 Å². The van der Waals surface area contributed by atoms with Crippen LogP contribution in [0.5, 0.6) is 0 Å². The number of nitrogen functional groups attached to an aromatic ring is 1. The molecule has 0 spiro atoms. The van der Waals surface area contributed by atoms with Crippen molar-refractivity contribution < 1.29 is 5.11 Å². The van der Waals surface area contributed by atoms with Crippen molar-refractivity contribution in [1.82, 2.24) is 4.98 Å². The largest absolute Gasteiger partial charge is 0.397 e. The van der Waals surface area contributed by atoms with Gasteiger partial charge >= 0.3 is 0 Å². The van der Waals surface area contributed by atoms with Gasteiger partial charge in [0.15, 0.2) is 0 Å². The first kappa shape index (κ1) is 9.27. The standard InChI is InChI=1S/C10H15N3O/c11-8-3-9(5-12-4-8)13-6-10(7-14)1-2-10/h3-5,13-14H,1-2,6-7,11H2. The zero-order valence-corrected chi connectivity index (χ0v) is 8.03. The fraction of sp³-hybridized carbons (Fsp3) is 0.500. The molecular formula is C10H15N3O. The molecule has 1 heterocycles. The number of aliphatic hydroxyl groups is 1. The highest BCUT2D eigenvalue weighted by molar-refractivity contribution is 5.51. The molecule has 0 bridgehead atoms. The van der Waals surface area contributed by atoms with Gasteiger partial charge in [-0.1, -0.05) is 0 Å². The van der Waals surface area contributed by atoms with Crippen LogP contribution in [0.4, 0.5) is 11.4 Å². The van der Waals surface area contributed by atoms with E-state index in [1.165, 1.54) is 0 Å². The second-order valence-electron chi connectivity index (χ2n) is 4.02. The molecule has 76 valence electrons. The number of pyridine rings is 1. The highest BCUT2D eigenvalue weighted by Crippen LogP contribution is 2.44. The molecule has 2 rings (SSSR count). The first-order chi connectivity index (χ1) is 6.74. The number of hydrogen-bond donors (Lipinski definition) is 3. The maximum atomic E-state index is 9.11. The number of nitrogens with two attached hydrogens (primary N) is 1. The molecule has 14 heavy (non-hydrogen) atoms. The van der Waals surface area contributed by atoms with Gasteiger partial charge in [-0.25, -0.2) is 0 Å². The number of aromatic nitrogens is 1. The van der Waals surface area contributed by atoms with Gasteiger partial charge in [0.2, 0.25) is 0 Å². The second kappa shape index (κ2) is 3.46. The highest BCUT2D eigenvalue weighted by Gasteiger charge is 2.41. The molecule has 0 atom stereocenters. The third-order valence-corrected chi connectivity index (χ3v) is 2.72. The Bertz CT molecular complexity index is 323. The Kier molecular flexibility index (Phi) is 2.29. The molecule has 4 nitrogen and oxygen atoms in total. The minimum absolute atomic E-state index is 0.116. The molecule has 0 unspecified atom stereocenters. The van der Waals surface area contributed by atoms with E-state index in [-0.39, 0.29) is 12.0 Å². The molecule has 1 aromatic rings. The number of hydrogen-bond acceptors (Lipinski definition) is 4. The van der Waals surface area contributed by atoms with Crippen LogP contribution < -0.4 is 11.1 Å². The van der Waals surface area contributed by atoms with Crippen molar-refractivity contribution >= 4 is 11.4 Å². The van der Waals surface area contributed by atoms with Crippen LogP contribution in [0.15, 0.2) is 18.5 Å². The summed E-state index contributed by atoms with van der Waals surface area (Å²) < 4.78 is 0. The minimum Gasteiger partial charge on any atom is -0.397 e. The lowest BCUT2D eigenvalue weighted by atomic mass is 10.1. The average molecular weight is 193 g/mol. The van der Waals surface area contributed by atoms with Crippen molar-refractivity contribution in [3.05, 3.63) is 18.5 Å². The van der Waals surface area contributed by atoms with Gasteiger partial charge in [-0.15, -0.1) is 0 Å². The lowest BCUT2D eigenvalue weighted by Crippen LogP contribution is -2.19. The van der Waals surface area contributed by atoms with Crippen molar-refractivity contribution in [2.75, 3.05) is 24.2 Å². The molecule has 4 heteroatoms. The summed E-state index contributed by atoms with van der Waals surface area (Å²) in [6.07, 6.45) is 5.56. The topological polar surface area (TPSA) is 71.2 Å². The Labute approximate surface area is 83.2 Å². The van der Waals surface area contributed by atoms with E-state index in [4.69, 9.17) is 10.8 Å². The van der Waals surface area contributed by atoms with Gasteiger partial charge in [0.05, 0.1) is 24.2 Å².